The fourth-order valence-electron chi connectivity index (χ4n) is 2.22. The summed E-state index contributed by atoms with van der Waals surface area (Å²) in [5.74, 6) is 0.0129. The fraction of sp³-hybridized carbons (Fsp3) is 0.0526. The lowest BCUT2D eigenvalue weighted by Gasteiger charge is -2.00. The highest BCUT2D eigenvalue weighted by Gasteiger charge is 2.01. The first-order valence-electron chi connectivity index (χ1n) is 6.97. The zero-order valence-corrected chi connectivity index (χ0v) is 13.0. The number of pyridine rings is 1. The van der Waals surface area contributed by atoms with Crippen LogP contribution in [0.25, 0.3) is 17.0 Å². The smallest absolute Gasteiger partial charge is 0.185 e. The molecule has 22 heavy (non-hydrogen) atoms. The summed E-state index contributed by atoms with van der Waals surface area (Å²) in [7, 11) is 0. The molecule has 0 aliphatic rings. The van der Waals surface area contributed by atoms with Crippen LogP contribution in [-0.2, 0) is 0 Å². The molecule has 0 aliphatic carbocycles. The number of hydrogen-bond donors (Lipinski definition) is 0. The Labute approximate surface area is 133 Å². The van der Waals surface area contributed by atoms with E-state index in [0.29, 0.717) is 5.56 Å². The second-order valence-electron chi connectivity index (χ2n) is 4.88. The van der Waals surface area contributed by atoms with Crippen LogP contribution in [0, 0.1) is 0 Å². The zero-order valence-electron chi connectivity index (χ0n) is 12.2. The summed E-state index contributed by atoms with van der Waals surface area (Å²) in [6.07, 6.45) is 7.26. The minimum absolute atomic E-state index is 0.0129. The summed E-state index contributed by atoms with van der Waals surface area (Å²) < 4.78 is 0. The average Bonchev–Trinajstić information content (AvgIpc) is 2.59. The lowest BCUT2D eigenvalue weighted by Crippen LogP contribution is -1.93. The molecule has 1 aromatic heterocycles. The van der Waals surface area contributed by atoms with Crippen molar-refractivity contribution in [2.45, 2.75) is 4.90 Å². The largest absolute Gasteiger partial charge is 0.289 e. The van der Waals surface area contributed by atoms with Crippen molar-refractivity contribution < 1.29 is 4.79 Å². The Morgan fingerprint density at radius 1 is 1.09 bits per heavy atom. The summed E-state index contributed by atoms with van der Waals surface area (Å²) in [6, 6.07) is 17.6. The maximum atomic E-state index is 12.2. The number of rotatable bonds is 4. The first kappa shape index (κ1) is 14.5. The van der Waals surface area contributed by atoms with E-state index >= 15 is 0 Å². The Morgan fingerprint density at radius 2 is 1.91 bits per heavy atom. The van der Waals surface area contributed by atoms with Crippen LogP contribution in [0.15, 0.2) is 71.8 Å². The number of hydrogen-bond acceptors (Lipinski definition) is 3. The van der Waals surface area contributed by atoms with Gasteiger partial charge in [-0.15, -0.1) is 11.8 Å². The Bertz CT molecular complexity index is 837. The summed E-state index contributed by atoms with van der Waals surface area (Å²) in [5.41, 5.74) is 2.66. The van der Waals surface area contributed by atoms with Crippen molar-refractivity contribution in [2.75, 3.05) is 6.26 Å². The highest BCUT2D eigenvalue weighted by atomic mass is 32.2. The molecule has 108 valence electrons. The molecule has 0 radical (unpaired) electrons. The van der Waals surface area contributed by atoms with Crippen LogP contribution in [0.2, 0.25) is 0 Å². The molecule has 3 rings (SSSR count). The third-order valence-electron chi connectivity index (χ3n) is 3.43. The second kappa shape index (κ2) is 6.58. The molecule has 1 heterocycles. The molecule has 0 saturated heterocycles. The summed E-state index contributed by atoms with van der Waals surface area (Å²) in [6.45, 7) is 0. The monoisotopic (exact) mass is 305 g/mol. The number of thioether (sulfide) groups is 1. The van der Waals surface area contributed by atoms with Crippen molar-refractivity contribution in [3.8, 4) is 0 Å². The number of carbonyl (C=O) groups excluding carboxylic acids is 1. The van der Waals surface area contributed by atoms with Gasteiger partial charge in [-0.25, -0.2) is 0 Å². The fourth-order valence-corrected chi connectivity index (χ4v) is 2.63. The van der Waals surface area contributed by atoms with Gasteiger partial charge in [-0.2, -0.15) is 0 Å². The Hall–Kier alpha value is -2.39. The van der Waals surface area contributed by atoms with Crippen molar-refractivity contribution in [3.05, 3.63) is 78.0 Å². The van der Waals surface area contributed by atoms with Gasteiger partial charge in [0.25, 0.3) is 0 Å². The molecule has 0 fully saturated rings. The standard InChI is InChI=1S/C19H15NOS/c1-22-17-8-6-15(7-9-17)19(21)11-5-14-4-10-18-16(13-14)3-2-12-20-18/h2-13H,1H3/b11-5+. The average molecular weight is 305 g/mol. The molecular formula is C19H15NOS. The molecular weight excluding hydrogens is 290 g/mol. The van der Waals surface area contributed by atoms with Gasteiger partial charge in [0, 0.05) is 22.0 Å². The van der Waals surface area contributed by atoms with Crippen LogP contribution in [-0.4, -0.2) is 17.0 Å². The third kappa shape index (κ3) is 3.26. The van der Waals surface area contributed by atoms with Crippen molar-refractivity contribution in [1.29, 1.82) is 0 Å². The zero-order chi connectivity index (χ0) is 15.4. The van der Waals surface area contributed by atoms with E-state index in [1.54, 1.807) is 24.0 Å². The summed E-state index contributed by atoms with van der Waals surface area (Å²) in [5, 5.41) is 1.07. The lowest BCUT2D eigenvalue weighted by atomic mass is 10.1. The third-order valence-corrected chi connectivity index (χ3v) is 4.17. The number of ketones is 1. The molecule has 2 nitrogen and oxygen atoms in total. The van der Waals surface area contributed by atoms with E-state index < -0.39 is 0 Å². The first-order chi connectivity index (χ1) is 10.8. The molecule has 0 bridgehead atoms. The molecule has 0 N–H and O–H groups in total. The van der Waals surface area contributed by atoms with Crippen molar-refractivity contribution >= 4 is 34.5 Å². The minimum atomic E-state index is 0.0129. The number of aromatic nitrogens is 1. The highest BCUT2D eigenvalue weighted by molar-refractivity contribution is 7.98. The molecule has 0 atom stereocenters. The van der Waals surface area contributed by atoms with Gasteiger partial charge in [-0.3, -0.25) is 9.78 Å². The predicted molar refractivity (Wildman–Crippen MR) is 93.3 cm³/mol. The number of allylic oxidation sites excluding steroid dienone is 1. The Morgan fingerprint density at radius 3 is 2.68 bits per heavy atom. The lowest BCUT2D eigenvalue weighted by molar-refractivity contribution is 0.104. The van der Waals surface area contributed by atoms with Gasteiger partial charge in [0.1, 0.15) is 0 Å². The summed E-state index contributed by atoms with van der Waals surface area (Å²) >= 11 is 1.67. The normalized spacial score (nSPS) is 11.1. The van der Waals surface area contributed by atoms with Gasteiger partial charge in [0.15, 0.2) is 5.78 Å². The van der Waals surface area contributed by atoms with Gasteiger partial charge >= 0.3 is 0 Å². The van der Waals surface area contributed by atoms with Crippen LogP contribution >= 0.6 is 11.8 Å². The van der Waals surface area contributed by atoms with E-state index in [1.807, 2.05) is 66.9 Å². The van der Waals surface area contributed by atoms with Gasteiger partial charge in [-0.05, 0) is 60.4 Å². The molecule has 3 heteroatoms. The molecule has 0 unspecified atom stereocenters. The first-order valence-corrected chi connectivity index (χ1v) is 8.20. The number of fused-ring (bicyclic) bond motifs is 1. The van der Waals surface area contributed by atoms with Crippen LogP contribution < -0.4 is 0 Å². The van der Waals surface area contributed by atoms with Gasteiger partial charge < -0.3 is 0 Å². The number of benzene rings is 2. The highest BCUT2D eigenvalue weighted by Crippen LogP contribution is 2.17. The van der Waals surface area contributed by atoms with Gasteiger partial charge in [-0.1, -0.05) is 18.2 Å². The van der Waals surface area contributed by atoms with E-state index in [1.165, 1.54) is 0 Å². The minimum Gasteiger partial charge on any atom is -0.289 e. The van der Waals surface area contributed by atoms with Crippen molar-refractivity contribution in [3.63, 3.8) is 0 Å². The quantitative estimate of drug-likeness (QED) is 0.392. The maximum Gasteiger partial charge on any atom is 0.185 e. The topological polar surface area (TPSA) is 30.0 Å². The van der Waals surface area contributed by atoms with Crippen LogP contribution in [0.3, 0.4) is 0 Å². The van der Waals surface area contributed by atoms with Crippen LogP contribution in [0.4, 0.5) is 0 Å². The van der Waals surface area contributed by atoms with Gasteiger partial charge in [0.05, 0.1) is 5.52 Å². The Balaban J connectivity index is 1.80. The molecule has 2 aromatic carbocycles. The van der Waals surface area contributed by atoms with E-state index in [-0.39, 0.29) is 5.78 Å². The number of carbonyl (C=O) groups is 1. The second-order valence-corrected chi connectivity index (χ2v) is 5.76. The molecule has 0 aliphatic heterocycles. The predicted octanol–water partition coefficient (Wildman–Crippen LogP) is 4.85. The van der Waals surface area contributed by atoms with E-state index in [0.717, 1.165) is 21.4 Å². The Kier molecular flexibility index (Phi) is 4.35. The molecule has 0 spiro atoms. The molecule has 3 aromatic rings. The van der Waals surface area contributed by atoms with Crippen LogP contribution in [0.5, 0.6) is 0 Å². The van der Waals surface area contributed by atoms with Crippen molar-refractivity contribution in [1.82, 2.24) is 4.98 Å². The van der Waals surface area contributed by atoms with E-state index in [4.69, 9.17) is 0 Å². The molecule has 0 amide bonds. The van der Waals surface area contributed by atoms with E-state index in [2.05, 4.69) is 4.98 Å². The van der Waals surface area contributed by atoms with E-state index in [9.17, 15) is 4.79 Å². The van der Waals surface area contributed by atoms with Crippen LogP contribution in [0.1, 0.15) is 15.9 Å². The number of nitrogens with zero attached hydrogens (tertiary/aromatic N) is 1. The van der Waals surface area contributed by atoms with Gasteiger partial charge in [0.2, 0.25) is 0 Å². The summed E-state index contributed by atoms with van der Waals surface area (Å²) in [4.78, 5) is 17.6. The molecule has 0 saturated carbocycles. The van der Waals surface area contributed by atoms with Crippen molar-refractivity contribution in [2.24, 2.45) is 0 Å². The SMILES string of the molecule is CSc1ccc(C(=O)/C=C/c2ccc3ncccc3c2)cc1. The maximum absolute atomic E-state index is 12.2.